The zero-order valence-corrected chi connectivity index (χ0v) is 11.9. The van der Waals surface area contributed by atoms with E-state index in [1.807, 2.05) is 26.8 Å². The fraction of sp³-hybridized carbons (Fsp3) is 0.500. The summed E-state index contributed by atoms with van der Waals surface area (Å²) in [4.78, 5) is 24.7. The minimum atomic E-state index is -1.16. The van der Waals surface area contributed by atoms with E-state index in [4.69, 9.17) is 9.47 Å². The van der Waals surface area contributed by atoms with Crippen molar-refractivity contribution in [3.63, 3.8) is 0 Å². The predicted molar refractivity (Wildman–Crippen MR) is 72.0 cm³/mol. The Morgan fingerprint density at radius 3 is 2.30 bits per heavy atom. The van der Waals surface area contributed by atoms with E-state index in [-0.39, 0.29) is 5.97 Å². The van der Waals surface area contributed by atoms with Gasteiger partial charge < -0.3 is 9.47 Å². The first-order valence-corrected chi connectivity index (χ1v) is 6.84. The van der Waals surface area contributed by atoms with Crippen LogP contribution in [0.5, 0.6) is 5.75 Å². The van der Waals surface area contributed by atoms with Crippen LogP contribution in [-0.4, -0.2) is 17.5 Å². The van der Waals surface area contributed by atoms with Crippen molar-refractivity contribution in [3.8, 4) is 5.75 Å². The largest absolute Gasteiger partial charge is 0.446 e. The van der Waals surface area contributed by atoms with Crippen LogP contribution in [0.25, 0.3) is 0 Å². The molecule has 3 rings (SSSR count). The highest BCUT2D eigenvalue weighted by Crippen LogP contribution is 2.65. The van der Waals surface area contributed by atoms with Crippen LogP contribution in [0.4, 0.5) is 0 Å². The van der Waals surface area contributed by atoms with E-state index < -0.39 is 22.4 Å². The quantitative estimate of drug-likeness (QED) is 0.614. The summed E-state index contributed by atoms with van der Waals surface area (Å²) in [6, 6.07) is 8.87. The van der Waals surface area contributed by atoms with Gasteiger partial charge in [-0.2, -0.15) is 0 Å². The molecule has 4 nitrogen and oxygen atoms in total. The van der Waals surface area contributed by atoms with Crippen molar-refractivity contribution in [2.45, 2.75) is 39.2 Å². The standard InChI is InChI=1S/C16H18O4/c1-14(2)15(3)9-10-16(14,20-12(15)17)13(18)19-11-7-5-4-6-8-11/h4-8H,9-10H2,1-3H3. The van der Waals surface area contributed by atoms with Crippen LogP contribution in [0.3, 0.4) is 0 Å². The van der Waals surface area contributed by atoms with E-state index in [1.165, 1.54) is 0 Å². The Hall–Kier alpha value is -1.84. The second-order valence-electron chi connectivity index (χ2n) is 6.38. The lowest BCUT2D eigenvalue weighted by atomic mass is 9.66. The van der Waals surface area contributed by atoms with Crippen molar-refractivity contribution in [2.75, 3.05) is 0 Å². The number of rotatable bonds is 2. The molecule has 2 atom stereocenters. The fourth-order valence-electron chi connectivity index (χ4n) is 3.38. The van der Waals surface area contributed by atoms with Gasteiger partial charge in [-0.3, -0.25) is 4.79 Å². The smallest absolute Gasteiger partial charge is 0.356 e. The van der Waals surface area contributed by atoms with Gasteiger partial charge in [-0.15, -0.1) is 0 Å². The van der Waals surface area contributed by atoms with Gasteiger partial charge in [0.25, 0.3) is 0 Å². The monoisotopic (exact) mass is 274 g/mol. The van der Waals surface area contributed by atoms with Crippen LogP contribution in [0, 0.1) is 10.8 Å². The molecule has 1 aromatic carbocycles. The molecule has 2 unspecified atom stereocenters. The van der Waals surface area contributed by atoms with Gasteiger partial charge in [-0.05, 0) is 31.9 Å². The molecule has 0 radical (unpaired) electrons. The molecule has 2 aliphatic rings. The number of ether oxygens (including phenoxy) is 2. The molecule has 2 bridgehead atoms. The maximum absolute atomic E-state index is 12.6. The molecule has 0 spiro atoms. The van der Waals surface area contributed by atoms with E-state index >= 15 is 0 Å². The van der Waals surface area contributed by atoms with Gasteiger partial charge in [0.05, 0.1) is 5.41 Å². The average molecular weight is 274 g/mol. The fourth-order valence-corrected chi connectivity index (χ4v) is 3.38. The molecule has 1 aliphatic carbocycles. The third-order valence-corrected chi connectivity index (χ3v) is 5.37. The van der Waals surface area contributed by atoms with E-state index in [2.05, 4.69) is 0 Å². The molecule has 0 N–H and O–H groups in total. The summed E-state index contributed by atoms with van der Waals surface area (Å²) in [5, 5.41) is 0. The number of carbonyl (C=O) groups is 2. The molecule has 1 aromatic rings. The van der Waals surface area contributed by atoms with Gasteiger partial charge in [-0.1, -0.05) is 32.0 Å². The van der Waals surface area contributed by atoms with Crippen LogP contribution in [0.15, 0.2) is 30.3 Å². The second kappa shape index (κ2) is 3.84. The van der Waals surface area contributed by atoms with Gasteiger partial charge in [-0.25, -0.2) is 4.79 Å². The van der Waals surface area contributed by atoms with Gasteiger partial charge in [0.15, 0.2) is 0 Å². The van der Waals surface area contributed by atoms with E-state index in [1.54, 1.807) is 24.3 Å². The summed E-state index contributed by atoms with van der Waals surface area (Å²) >= 11 is 0. The van der Waals surface area contributed by atoms with Crippen molar-refractivity contribution in [3.05, 3.63) is 30.3 Å². The minimum Gasteiger partial charge on any atom is -0.446 e. The number of hydrogen-bond donors (Lipinski definition) is 0. The lowest BCUT2D eigenvalue weighted by molar-refractivity contribution is -0.176. The number of carbonyl (C=O) groups excluding carboxylic acids is 2. The summed E-state index contributed by atoms with van der Waals surface area (Å²) in [7, 11) is 0. The average Bonchev–Trinajstić information content (AvgIpc) is 2.70. The zero-order valence-electron chi connectivity index (χ0n) is 11.9. The third-order valence-electron chi connectivity index (χ3n) is 5.37. The minimum absolute atomic E-state index is 0.293. The second-order valence-corrected chi connectivity index (χ2v) is 6.38. The van der Waals surface area contributed by atoms with Gasteiger partial charge in [0.1, 0.15) is 5.75 Å². The SMILES string of the molecule is CC12CCC(C(=O)Oc3ccccc3)(OC1=O)C2(C)C. The van der Waals surface area contributed by atoms with Crippen molar-refractivity contribution < 1.29 is 19.1 Å². The lowest BCUT2D eigenvalue weighted by Crippen LogP contribution is -2.50. The number of fused-ring (bicyclic) bond motifs is 2. The topological polar surface area (TPSA) is 52.6 Å². The Labute approximate surface area is 118 Å². The molecule has 1 saturated carbocycles. The van der Waals surface area contributed by atoms with Crippen LogP contribution < -0.4 is 4.74 Å². The molecular weight excluding hydrogens is 256 g/mol. The van der Waals surface area contributed by atoms with Crippen LogP contribution >= 0.6 is 0 Å². The predicted octanol–water partition coefficient (Wildman–Crippen LogP) is 2.71. The summed E-state index contributed by atoms with van der Waals surface area (Å²) in [5.41, 5.74) is -2.33. The van der Waals surface area contributed by atoms with E-state index in [0.29, 0.717) is 18.6 Å². The molecular formula is C16H18O4. The van der Waals surface area contributed by atoms with Gasteiger partial charge in [0, 0.05) is 5.41 Å². The highest BCUT2D eigenvalue weighted by molar-refractivity contribution is 5.94. The molecule has 0 amide bonds. The maximum atomic E-state index is 12.6. The van der Waals surface area contributed by atoms with Crippen LogP contribution in [0.1, 0.15) is 33.6 Å². The molecule has 1 saturated heterocycles. The molecule has 1 aliphatic heterocycles. The third kappa shape index (κ3) is 1.37. The highest BCUT2D eigenvalue weighted by Gasteiger charge is 2.76. The first-order chi connectivity index (χ1) is 9.33. The molecule has 1 heterocycles. The Morgan fingerprint density at radius 1 is 1.15 bits per heavy atom. The summed E-state index contributed by atoms with van der Waals surface area (Å²) in [6.07, 6.45) is 1.18. The first-order valence-electron chi connectivity index (χ1n) is 6.84. The summed E-state index contributed by atoms with van der Waals surface area (Å²) in [6.45, 7) is 5.70. The Morgan fingerprint density at radius 2 is 1.80 bits per heavy atom. The number of benzene rings is 1. The summed E-state index contributed by atoms with van der Waals surface area (Å²) in [5.74, 6) is -0.290. The Balaban J connectivity index is 1.94. The van der Waals surface area contributed by atoms with Crippen molar-refractivity contribution in [1.82, 2.24) is 0 Å². The Kier molecular flexibility index (Phi) is 2.53. The van der Waals surface area contributed by atoms with Gasteiger partial charge >= 0.3 is 11.9 Å². The van der Waals surface area contributed by atoms with E-state index in [9.17, 15) is 9.59 Å². The number of hydrogen-bond acceptors (Lipinski definition) is 4. The lowest BCUT2D eigenvalue weighted by Gasteiger charge is -2.34. The first kappa shape index (κ1) is 13.2. The molecule has 4 heteroatoms. The molecule has 20 heavy (non-hydrogen) atoms. The number of para-hydroxylation sites is 1. The Bertz CT molecular complexity index is 577. The van der Waals surface area contributed by atoms with Crippen molar-refractivity contribution in [1.29, 1.82) is 0 Å². The summed E-state index contributed by atoms with van der Waals surface area (Å²) < 4.78 is 10.9. The molecule has 0 aromatic heterocycles. The zero-order chi connectivity index (χ0) is 14.6. The van der Waals surface area contributed by atoms with Crippen LogP contribution in [-0.2, 0) is 14.3 Å². The highest BCUT2D eigenvalue weighted by atomic mass is 16.6. The van der Waals surface area contributed by atoms with E-state index in [0.717, 1.165) is 0 Å². The van der Waals surface area contributed by atoms with Gasteiger partial charge in [0.2, 0.25) is 5.60 Å². The molecule has 2 fully saturated rings. The van der Waals surface area contributed by atoms with Crippen LogP contribution in [0.2, 0.25) is 0 Å². The molecule has 106 valence electrons. The van der Waals surface area contributed by atoms with Crippen molar-refractivity contribution in [2.24, 2.45) is 10.8 Å². The normalized spacial score (nSPS) is 33.9. The number of esters is 2. The maximum Gasteiger partial charge on any atom is 0.356 e. The van der Waals surface area contributed by atoms with Crippen molar-refractivity contribution >= 4 is 11.9 Å².